The summed E-state index contributed by atoms with van der Waals surface area (Å²) in [7, 11) is 0. The highest BCUT2D eigenvalue weighted by molar-refractivity contribution is 5.38. The zero-order valence-electron chi connectivity index (χ0n) is 13.4. The molecule has 1 aromatic carbocycles. The van der Waals surface area contributed by atoms with Crippen LogP contribution in [-0.2, 0) is 0 Å². The lowest BCUT2D eigenvalue weighted by Gasteiger charge is -2.52. The number of ether oxygens (including phenoxy) is 1. The minimum Gasteiger partial charge on any atom is -0.489 e. The van der Waals surface area contributed by atoms with Gasteiger partial charge in [-0.2, -0.15) is 0 Å². The predicted octanol–water partition coefficient (Wildman–Crippen LogP) is 4.44. The second-order valence-corrected chi connectivity index (χ2v) is 6.48. The van der Waals surface area contributed by atoms with Gasteiger partial charge in [0.25, 0.3) is 0 Å². The molecule has 0 spiro atoms. The summed E-state index contributed by atoms with van der Waals surface area (Å²) < 4.78 is 6.28. The highest BCUT2D eigenvalue weighted by Crippen LogP contribution is 2.49. The first-order valence-corrected chi connectivity index (χ1v) is 7.89. The van der Waals surface area contributed by atoms with Crippen LogP contribution in [0.2, 0.25) is 0 Å². The van der Waals surface area contributed by atoms with Crippen LogP contribution in [-0.4, -0.2) is 17.3 Å². The standard InChI is InChI=1S/C18H28O2/c1-6-18(7-2)16(19)11-17(18)20-15-10-14(12(3)4)9-8-13(15)5/h8-10,12,16-17,19H,6-7,11H2,1-5H3. The number of hydrogen-bond acceptors (Lipinski definition) is 2. The van der Waals surface area contributed by atoms with Gasteiger partial charge >= 0.3 is 0 Å². The molecule has 0 aliphatic heterocycles. The van der Waals surface area contributed by atoms with Gasteiger partial charge in [-0.1, -0.05) is 39.8 Å². The van der Waals surface area contributed by atoms with E-state index in [9.17, 15) is 5.11 Å². The van der Waals surface area contributed by atoms with Gasteiger partial charge in [0.2, 0.25) is 0 Å². The molecule has 0 saturated heterocycles. The highest BCUT2D eigenvalue weighted by atomic mass is 16.5. The molecule has 1 N–H and O–H groups in total. The molecule has 2 rings (SSSR count). The molecule has 2 atom stereocenters. The third-order valence-electron chi connectivity index (χ3n) is 5.21. The topological polar surface area (TPSA) is 29.5 Å². The SMILES string of the molecule is CCC1(CC)C(O)CC1Oc1cc(C(C)C)ccc1C. The van der Waals surface area contributed by atoms with Crippen molar-refractivity contribution in [3.05, 3.63) is 29.3 Å². The van der Waals surface area contributed by atoms with Crippen LogP contribution in [0.3, 0.4) is 0 Å². The van der Waals surface area contributed by atoms with Gasteiger partial charge in [-0.3, -0.25) is 0 Å². The molecule has 112 valence electrons. The third kappa shape index (κ3) is 2.46. The Labute approximate surface area is 123 Å². The van der Waals surface area contributed by atoms with Crippen LogP contribution in [0.1, 0.15) is 64.0 Å². The normalized spacial score (nSPS) is 24.6. The monoisotopic (exact) mass is 276 g/mol. The maximum absolute atomic E-state index is 10.1. The van der Waals surface area contributed by atoms with Gasteiger partial charge in [0.05, 0.1) is 6.10 Å². The Balaban J connectivity index is 2.20. The second kappa shape index (κ2) is 5.77. The van der Waals surface area contributed by atoms with E-state index in [2.05, 4.69) is 52.8 Å². The van der Waals surface area contributed by atoms with E-state index < -0.39 is 0 Å². The summed E-state index contributed by atoms with van der Waals surface area (Å²) in [6.45, 7) is 10.8. The summed E-state index contributed by atoms with van der Waals surface area (Å²) in [4.78, 5) is 0. The average Bonchev–Trinajstić information content (AvgIpc) is 2.41. The van der Waals surface area contributed by atoms with Crippen molar-refractivity contribution in [2.75, 3.05) is 0 Å². The summed E-state index contributed by atoms with van der Waals surface area (Å²) in [6, 6.07) is 6.48. The fraction of sp³-hybridized carbons (Fsp3) is 0.667. The van der Waals surface area contributed by atoms with Crippen molar-refractivity contribution in [1.82, 2.24) is 0 Å². The molecule has 0 radical (unpaired) electrons. The van der Waals surface area contributed by atoms with Gasteiger partial charge in [0, 0.05) is 11.8 Å². The highest BCUT2D eigenvalue weighted by Gasteiger charge is 2.53. The van der Waals surface area contributed by atoms with Gasteiger partial charge < -0.3 is 9.84 Å². The van der Waals surface area contributed by atoms with Crippen LogP contribution in [0.4, 0.5) is 0 Å². The maximum atomic E-state index is 10.1. The molecule has 2 nitrogen and oxygen atoms in total. The Morgan fingerprint density at radius 3 is 2.45 bits per heavy atom. The number of aliphatic hydroxyl groups excluding tert-OH is 1. The maximum Gasteiger partial charge on any atom is 0.122 e. The lowest BCUT2D eigenvalue weighted by atomic mass is 9.60. The van der Waals surface area contributed by atoms with Crippen molar-refractivity contribution >= 4 is 0 Å². The van der Waals surface area contributed by atoms with E-state index in [1.165, 1.54) is 11.1 Å². The Bertz CT molecular complexity index is 460. The van der Waals surface area contributed by atoms with E-state index in [4.69, 9.17) is 4.74 Å². The number of aryl methyl sites for hydroxylation is 1. The van der Waals surface area contributed by atoms with E-state index in [1.54, 1.807) is 0 Å². The van der Waals surface area contributed by atoms with Crippen molar-refractivity contribution in [2.24, 2.45) is 5.41 Å². The number of benzene rings is 1. The lowest BCUT2D eigenvalue weighted by molar-refractivity contribution is -0.159. The molecule has 20 heavy (non-hydrogen) atoms. The van der Waals surface area contributed by atoms with Crippen LogP contribution in [0, 0.1) is 12.3 Å². The Kier molecular flexibility index (Phi) is 4.43. The lowest BCUT2D eigenvalue weighted by Crippen LogP contribution is -2.59. The minimum atomic E-state index is -0.212. The summed E-state index contributed by atoms with van der Waals surface area (Å²) in [6.07, 6.45) is 2.63. The van der Waals surface area contributed by atoms with E-state index >= 15 is 0 Å². The van der Waals surface area contributed by atoms with Crippen molar-refractivity contribution in [2.45, 2.75) is 72.0 Å². The summed E-state index contributed by atoms with van der Waals surface area (Å²) in [5.74, 6) is 1.49. The van der Waals surface area contributed by atoms with Crippen LogP contribution in [0.25, 0.3) is 0 Å². The molecule has 1 fully saturated rings. The van der Waals surface area contributed by atoms with E-state index in [-0.39, 0.29) is 17.6 Å². The predicted molar refractivity (Wildman–Crippen MR) is 83.3 cm³/mol. The second-order valence-electron chi connectivity index (χ2n) is 6.48. The molecule has 0 heterocycles. The third-order valence-corrected chi connectivity index (χ3v) is 5.21. The number of rotatable bonds is 5. The first kappa shape index (κ1) is 15.4. The van der Waals surface area contributed by atoms with Gasteiger partial charge in [-0.05, 0) is 42.9 Å². The molecular weight excluding hydrogens is 248 g/mol. The minimum absolute atomic E-state index is 0.0553. The van der Waals surface area contributed by atoms with Gasteiger partial charge in [-0.15, -0.1) is 0 Å². The Morgan fingerprint density at radius 1 is 1.30 bits per heavy atom. The van der Waals surface area contributed by atoms with Crippen LogP contribution >= 0.6 is 0 Å². The Morgan fingerprint density at radius 2 is 1.95 bits per heavy atom. The molecule has 0 aromatic heterocycles. The summed E-state index contributed by atoms with van der Waals surface area (Å²) >= 11 is 0. The zero-order valence-corrected chi connectivity index (χ0v) is 13.4. The quantitative estimate of drug-likeness (QED) is 0.861. The van der Waals surface area contributed by atoms with Crippen LogP contribution < -0.4 is 4.74 Å². The molecule has 0 bridgehead atoms. The Hall–Kier alpha value is -1.02. The van der Waals surface area contributed by atoms with Crippen LogP contribution in [0.5, 0.6) is 5.75 Å². The van der Waals surface area contributed by atoms with Crippen molar-refractivity contribution in [3.63, 3.8) is 0 Å². The molecular formula is C18H28O2. The van der Waals surface area contributed by atoms with Crippen molar-refractivity contribution in [1.29, 1.82) is 0 Å². The van der Waals surface area contributed by atoms with E-state index in [0.29, 0.717) is 5.92 Å². The van der Waals surface area contributed by atoms with E-state index in [0.717, 1.165) is 25.0 Å². The number of hydrogen-bond donors (Lipinski definition) is 1. The largest absolute Gasteiger partial charge is 0.489 e. The first-order valence-electron chi connectivity index (χ1n) is 7.89. The zero-order chi connectivity index (χ0) is 14.9. The van der Waals surface area contributed by atoms with Crippen molar-refractivity contribution in [3.8, 4) is 5.75 Å². The first-order chi connectivity index (χ1) is 9.44. The van der Waals surface area contributed by atoms with Gasteiger partial charge in [0.1, 0.15) is 11.9 Å². The number of aliphatic hydroxyl groups is 1. The molecule has 2 heteroatoms. The molecule has 0 amide bonds. The van der Waals surface area contributed by atoms with Gasteiger partial charge in [-0.25, -0.2) is 0 Å². The average molecular weight is 276 g/mol. The summed E-state index contributed by atoms with van der Waals surface area (Å²) in [5, 5.41) is 10.1. The van der Waals surface area contributed by atoms with E-state index in [1.807, 2.05) is 0 Å². The van der Waals surface area contributed by atoms with Crippen LogP contribution in [0.15, 0.2) is 18.2 Å². The molecule has 1 saturated carbocycles. The molecule has 1 aromatic rings. The molecule has 1 aliphatic carbocycles. The fourth-order valence-corrected chi connectivity index (χ4v) is 3.32. The smallest absolute Gasteiger partial charge is 0.122 e. The van der Waals surface area contributed by atoms with Gasteiger partial charge in [0.15, 0.2) is 0 Å². The fourth-order valence-electron chi connectivity index (χ4n) is 3.32. The summed E-state index contributed by atoms with van der Waals surface area (Å²) in [5.41, 5.74) is 2.43. The molecule has 1 aliphatic rings. The molecule has 2 unspecified atom stereocenters. The van der Waals surface area contributed by atoms with Crippen molar-refractivity contribution < 1.29 is 9.84 Å².